The van der Waals surface area contributed by atoms with Gasteiger partial charge in [-0.2, -0.15) is 0 Å². The van der Waals surface area contributed by atoms with Crippen molar-refractivity contribution in [3.05, 3.63) is 21.9 Å². The Morgan fingerprint density at radius 1 is 1.42 bits per heavy atom. The zero-order valence-corrected chi connectivity index (χ0v) is 14.3. The van der Waals surface area contributed by atoms with Gasteiger partial charge in [0.15, 0.2) is 0 Å². The maximum Gasteiger partial charge on any atom is 0.243 e. The minimum atomic E-state index is -3.65. The fourth-order valence-electron chi connectivity index (χ4n) is 1.99. The van der Waals surface area contributed by atoms with Crippen LogP contribution in [0.4, 0.5) is 0 Å². The van der Waals surface area contributed by atoms with E-state index in [1.165, 1.54) is 12.3 Å². The zero-order chi connectivity index (χ0) is 14.6. The summed E-state index contributed by atoms with van der Waals surface area (Å²) in [4.78, 5) is 3.84. The molecule has 0 aliphatic heterocycles. The van der Waals surface area contributed by atoms with Crippen LogP contribution in [0.1, 0.15) is 33.6 Å². The van der Waals surface area contributed by atoms with Crippen LogP contribution in [-0.2, 0) is 10.0 Å². The summed E-state index contributed by atoms with van der Waals surface area (Å²) >= 11 is 9.06. The monoisotopic (exact) mass is 368 g/mol. The van der Waals surface area contributed by atoms with E-state index in [0.29, 0.717) is 10.4 Å². The molecule has 0 aliphatic rings. The number of hydrogen-bond donors (Lipinski definition) is 1. The van der Waals surface area contributed by atoms with Gasteiger partial charge in [-0.1, -0.05) is 38.3 Å². The molecule has 108 valence electrons. The van der Waals surface area contributed by atoms with Gasteiger partial charge in [-0.3, -0.25) is 0 Å². The summed E-state index contributed by atoms with van der Waals surface area (Å²) in [6.07, 6.45) is 3.31. The highest BCUT2D eigenvalue weighted by atomic mass is 79.9. The normalized spacial score (nSPS) is 13.8. The molecule has 0 aromatic carbocycles. The van der Waals surface area contributed by atoms with Crippen molar-refractivity contribution < 1.29 is 8.42 Å². The lowest BCUT2D eigenvalue weighted by atomic mass is 9.96. The van der Waals surface area contributed by atoms with E-state index in [9.17, 15) is 8.42 Å². The predicted molar refractivity (Wildman–Crippen MR) is 80.8 cm³/mol. The number of nitrogens with one attached hydrogen (secondary N) is 1. The molecule has 0 saturated heterocycles. The molecule has 0 bridgehead atoms. The van der Waals surface area contributed by atoms with Crippen LogP contribution in [0.25, 0.3) is 0 Å². The Bertz CT molecular complexity index is 533. The van der Waals surface area contributed by atoms with Crippen molar-refractivity contribution in [1.82, 2.24) is 9.71 Å². The number of nitrogens with zero attached hydrogens (tertiary/aromatic N) is 1. The zero-order valence-electron chi connectivity index (χ0n) is 11.2. The fourth-order valence-corrected chi connectivity index (χ4v) is 4.25. The number of sulfonamides is 1. The van der Waals surface area contributed by atoms with Gasteiger partial charge >= 0.3 is 0 Å². The van der Waals surface area contributed by atoms with Crippen molar-refractivity contribution in [2.24, 2.45) is 5.92 Å². The molecule has 0 aliphatic carbocycles. The van der Waals surface area contributed by atoms with Crippen LogP contribution >= 0.6 is 27.5 Å². The molecule has 1 heterocycles. The van der Waals surface area contributed by atoms with E-state index in [2.05, 4.69) is 25.6 Å². The number of aromatic nitrogens is 1. The maximum absolute atomic E-state index is 12.3. The minimum Gasteiger partial charge on any atom is -0.242 e. The van der Waals surface area contributed by atoms with Gasteiger partial charge < -0.3 is 0 Å². The first-order chi connectivity index (χ1) is 8.81. The van der Waals surface area contributed by atoms with E-state index in [4.69, 9.17) is 11.6 Å². The van der Waals surface area contributed by atoms with E-state index in [1.54, 1.807) is 0 Å². The second-order valence-corrected chi connectivity index (χ2v) is 7.39. The molecule has 0 saturated carbocycles. The van der Waals surface area contributed by atoms with Crippen molar-refractivity contribution >= 4 is 37.6 Å². The lowest BCUT2D eigenvalue weighted by molar-refractivity contribution is 0.390. The third-order valence-electron chi connectivity index (χ3n) is 3.16. The Morgan fingerprint density at radius 3 is 2.53 bits per heavy atom. The van der Waals surface area contributed by atoms with Crippen molar-refractivity contribution in [3.8, 4) is 0 Å². The first-order valence-corrected chi connectivity index (χ1v) is 8.80. The van der Waals surface area contributed by atoms with Gasteiger partial charge in [0.05, 0.1) is 0 Å². The van der Waals surface area contributed by atoms with E-state index in [0.717, 1.165) is 12.8 Å². The van der Waals surface area contributed by atoms with Crippen LogP contribution in [0.2, 0.25) is 5.15 Å². The Morgan fingerprint density at radius 2 is 2.00 bits per heavy atom. The highest BCUT2D eigenvalue weighted by Gasteiger charge is 2.24. The van der Waals surface area contributed by atoms with Crippen molar-refractivity contribution in [2.75, 3.05) is 0 Å². The van der Waals surface area contributed by atoms with Crippen LogP contribution in [0, 0.1) is 5.92 Å². The minimum absolute atomic E-state index is 0.00125. The van der Waals surface area contributed by atoms with Gasteiger partial charge in [-0.05, 0) is 34.8 Å². The Balaban J connectivity index is 3.01. The summed E-state index contributed by atoms with van der Waals surface area (Å²) in [6.45, 7) is 5.97. The molecule has 0 radical (unpaired) electrons. The summed E-state index contributed by atoms with van der Waals surface area (Å²) in [6, 6.07) is 1.31. The van der Waals surface area contributed by atoms with Crippen LogP contribution in [0.15, 0.2) is 21.6 Å². The van der Waals surface area contributed by atoms with Gasteiger partial charge in [0.25, 0.3) is 0 Å². The molecule has 1 rings (SSSR count). The van der Waals surface area contributed by atoms with E-state index < -0.39 is 10.0 Å². The molecule has 7 heteroatoms. The van der Waals surface area contributed by atoms with Gasteiger partial charge in [-0.25, -0.2) is 18.1 Å². The van der Waals surface area contributed by atoms with Crippen LogP contribution in [-0.4, -0.2) is 19.4 Å². The number of rotatable bonds is 6. The quantitative estimate of drug-likeness (QED) is 0.779. The van der Waals surface area contributed by atoms with Crippen molar-refractivity contribution in [2.45, 2.75) is 44.6 Å². The van der Waals surface area contributed by atoms with Crippen molar-refractivity contribution in [1.29, 1.82) is 0 Å². The number of halogens is 2. The lowest BCUT2D eigenvalue weighted by Crippen LogP contribution is -2.37. The molecular weight excluding hydrogens is 352 g/mol. The SMILES string of the molecule is CCC(CC)C(C)NS(=O)(=O)c1cc(Br)cnc1Cl. The maximum atomic E-state index is 12.3. The number of hydrogen-bond acceptors (Lipinski definition) is 3. The van der Waals surface area contributed by atoms with Gasteiger partial charge in [0.1, 0.15) is 10.0 Å². The molecule has 19 heavy (non-hydrogen) atoms. The van der Waals surface area contributed by atoms with Crippen LogP contribution in [0.3, 0.4) is 0 Å². The van der Waals surface area contributed by atoms with Crippen LogP contribution < -0.4 is 4.72 Å². The average Bonchev–Trinajstić information content (AvgIpc) is 2.33. The van der Waals surface area contributed by atoms with Gasteiger partial charge in [-0.15, -0.1) is 0 Å². The Labute approximate surface area is 128 Å². The second kappa shape index (κ2) is 7.02. The molecular formula is C12H18BrClN2O2S. The molecule has 0 fully saturated rings. The van der Waals surface area contributed by atoms with Crippen LogP contribution in [0.5, 0.6) is 0 Å². The summed E-state index contributed by atoms with van der Waals surface area (Å²) in [5.41, 5.74) is 0. The summed E-state index contributed by atoms with van der Waals surface area (Å²) in [7, 11) is -3.65. The highest BCUT2D eigenvalue weighted by molar-refractivity contribution is 9.10. The average molecular weight is 370 g/mol. The largest absolute Gasteiger partial charge is 0.243 e. The molecule has 1 atom stereocenters. The summed E-state index contributed by atoms with van der Waals surface area (Å²) in [5, 5.41) is -0.0209. The molecule has 1 aromatic rings. The Kier molecular flexibility index (Phi) is 6.23. The van der Waals surface area contributed by atoms with E-state index in [-0.39, 0.29) is 16.1 Å². The second-order valence-electron chi connectivity index (χ2n) is 4.43. The smallest absolute Gasteiger partial charge is 0.242 e. The van der Waals surface area contributed by atoms with E-state index >= 15 is 0 Å². The lowest BCUT2D eigenvalue weighted by Gasteiger charge is -2.22. The summed E-state index contributed by atoms with van der Waals surface area (Å²) in [5.74, 6) is 0.300. The molecule has 0 amide bonds. The summed E-state index contributed by atoms with van der Waals surface area (Å²) < 4.78 is 27.8. The molecule has 1 N–H and O–H groups in total. The predicted octanol–water partition coefficient (Wildman–Crippen LogP) is 3.60. The third-order valence-corrected chi connectivity index (χ3v) is 5.58. The molecule has 1 aromatic heterocycles. The van der Waals surface area contributed by atoms with Gasteiger partial charge in [0, 0.05) is 16.7 Å². The molecule has 1 unspecified atom stereocenters. The molecule has 4 nitrogen and oxygen atoms in total. The standard InChI is InChI=1S/C12H18BrClN2O2S/c1-4-9(5-2)8(3)16-19(17,18)11-6-10(13)7-15-12(11)14/h6-9,16H,4-5H2,1-3H3. The third kappa shape index (κ3) is 4.41. The fraction of sp³-hybridized carbons (Fsp3) is 0.583. The first-order valence-electron chi connectivity index (χ1n) is 6.15. The topological polar surface area (TPSA) is 59.1 Å². The van der Waals surface area contributed by atoms with E-state index in [1.807, 2.05) is 20.8 Å². The number of pyridine rings is 1. The van der Waals surface area contributed by atoms with Crippen molar-refractivity contribution in [3.63, 3.8) is 0 Å². The highest BCUT2D eigenvalue weighted by Crippen LogP contribution is 2.24. The molecule has 0 spiro atoms. The Hall–Kier alpha value is -0.170. The van der Waals surface area contributed by atoms with Gasteiger partial charge in [0.2, 0.25) is 10.0 Å². The first kappa shape index (κ1) is 16.9.